The number of hydrogen-bond acceptors (Lipinski definition) is 1. The molecule has 1 atom stereocenters. The number of fused-ring (bicyclic) bond motifs is 3. The second kappa shape index (κ2) is 10.0. The van der Waals surface area contributed by atoms with Crippen LogP contribution in [0.5, 0.6) is 5.75 Å². The second-order valence-electron chi connectivity index (χ2n) is 11.8. The number of hydrogen-bond donors (Lipinski definition) is 0. The average Bonchev–Trinajstić information content (AvgIpc) is 2.81. The molecule has 0 heterocycles. The van der Waals surface area contributed by atoms with Crippen molar-refractivity contribution in [1.29, 1.82) is 0 Å². The van der Waals surface area contributed by atoms with E-state index in [2.05, 4.69) is 13.8 Å². The smallest absolute Gasteiger partial charge is 0.200 e. The van der Waals surface area contributed by atoms with Crippen molar-refractivity contribution in [2.24, 2.45) is 16.7 Å². The van der Waals surface area contributed by atoms with Gasteiger partial charge < -0.3 is 4.74 Å². The van der Waals surface area contributed by atoms with Crippen LogP contribution in [0.15, 0.2) is 12.1 Å². The molecule has 1 nitrogen and oxygen atoms in total. The summed E-state index contributed by atoms with van der Waals surface area (Å²) in [5, 5.41) is 0. The van der Waals surface area contributed by atoms with Gasteiger partial charge in [-0.15, -0.1) is 0 Å². The van der Waals surface area contributed by atoms with Gasteiger partial charge in [0.15, 0.2) is 11.6 Å². The molecular formula is C29H44F2O. The summed E-state index contributed by atoms with van der Waals surface area (Å²) in [5.74, 6) is -0.451. The molecular weight excluding hydrogens is 402 g/mol. The molecule has 5 rings (SSSR count). The van der Waals surface area contributed by atoms with E-state index in [4.69, 9.17) is 4.74 Å². The molecule has 0 saturated heterocycles. The van der Waals surface area contributed by atoms with Gasteiger partial charge in [-0.05, 0) is 118 Å². The minimum atomic E-state index is -0.789. The van der Waals surface area contributed by atoms with Crippen LogP contribution in [0.4, 0.5) is 8.78 Å². The molecule has 0 aliphatic heterocycles. The lowest BCUT2D eigenvalue weighted by Crippen LogP contribution is -2.45. The van der Waals surface area contributed by atoms with Gasteiger partial charge in [0.05, 0.1) is 6.10 Å². The maximum Gasteiger partial charge on any atom is 0.200 e. The Morgan fingerprint density at radius 2 is 1.56 bits per heavy atom. The van der Waals surface area contributed by atoms with Crippen LogP contribution in [0, 0.1) is 28.4 Å². The maximum atomic E-state index is 15.0. The van der Waals surface area contributed by atoms with Crippen LogP contribution < -0.4 is 4.74 Å². The Morgan fingerprint density at radius 1 is 0.906 bits per heavy atom. The molecule has 4 aliphatic carbocycles. The largest absolute Gasteiger partial charge is 0.488 e. The standard InChI is InChI=1S/C29H44F2O/c1-4-5-6-7-8-21(2)32-25-14-13-24(26(30)27(25)31)22-9-11-23(12-10-22)29-18-15-28(3,16-19-29)17-20-29/h13-14,21-23H,4-12,15-20H2,1-3H3. The maximum absolute atomic E-state index is 15.0. The Balaban J connectivity index is 1.33. The summed E-state index contributed by atoms with van der Waals surface area (Å²) in [7, 11) is 0. The van der Waals surface area contributed by atoms with Crippen molar-refractivity contribution in [3.05, 3.63) is 29.3 Å². The van der Waals surface area contributed by atoms with Gasteiger partial charge in [-0.3, -0.25) is 0 Å². The van der Waals surface area contributed by atoms with Gasteiger partial charge >= 0.3 is 0 Å². The molecule has 0 N–H and O–H groups in total. The minimum Gasteiger partial charge on any atom is -0.488 e. The van der Waals surface area contributed by atoms with Crippen molar-refractivity contribution in [2.45, 2.75) is 129 Å². The fourth-order valence-electron chi connectivity index (χ4n) is 7.12. The molecule has 0 amide bonds. The fraction of sp³-hybridized carbons (Fsp3) is 0.793. The highest BCUT2D eigenvalue weighted by Crippen LogP contribution is 2.62. The van der Waals surface area contributed by atoms with Gasteiger partial charge in [0, 0.05) is 0 Å². The zero-order chi connectivity index (χ0) is 22.8. The third-order valence-electron chi connectivity index (χ3n) is 9.58. The van der Waals surface area contributed by atoms with E-state index in [1.54, 1.807) is 12.1 Å². The lowest BCUT2D eigenvalue weighted by Gasteiger charge is -2.56. The number of ether oxygens (including phenoxy) is 1. The first kappa shape index (κ1) is 24.0. The van der Waals surface area contributed by atoms with Crippen LogP contribution in [0.25, 0.3) is 0 Å². The summed E-state index contributed by atoms with van der Waals surface area (Å²) < 4.78 is 35.7. The summed E-state index contributed by atoms with van der Waals surface area (Å²) in [4.78, 5) is 0. The van der Waals surface area contributed by atoms with E-state index in [9.17, 15) is 4.39 Å². The Labute approximate surface area is 194 Å². The third kappa shape index (κ3) is 5.02. The quantitative estimate of drug-likeness (QED) is 0.343. The number of benzene rings is 1. The molecule has 4 saturated carbocycles. The molecule has 2 bridgehead atoms. The minimum absolute atomic E-state index is 0.0780. The number of rotatable bonds is 9. The van der Waals surface area contributed by atoms with Crippen LogP contribution in [0.3, 0.4) is 0 Å². The number of unbranched alkanes of at least 4 members (excludes halogenated alkanes) is 3. The highest BCUT2D eigenvalue weighted by atomic mass is 19.2. The van der Waals surface area contributed by atoms with Crippen molar-refractivity contribution in [2.75, 3.05) is 0 Å². The second-order valence-corrected chi connectivity index (χ2v) is 11.8. The van der Waals surface area contributed by atoms with E-state index in [0.29, 0.717) is 16.4 Å². The molecule has 0 radical (unpaired) electrons. The van der Waals surface area contributed by atoms with E-state index >= 15 is 4.39 Å². The van der Waals surface area contributed by atoms with Crippen LogP contribution in [-0.2, 0) is 0 Å². The Hall–Kier alpha value is -1.12. The first-order valence-electron chi connectivity index (χ1n) is 13.5. The van der Waals surface area contributed by atoms with Gasteiger partial charge in [-0.1, -0.05) is 39.2 Å². The van der Waals surface area contributed by atoms with E-state index < -0.39 is 11.6 Å². The van der Waals surface area contributed by atoms with E-state index in [1.165, 1.54) is 70.6 Å². The van der Waals surface area contributed by atoms with E-state index in [0.717, 1.165) is 31.6 Å². The Morgan fingerprint density at radius 3 is 2.19 bits per heavy atom. The third-order valence-corrected chi connectivity index (χ3v) is 9.58. The normalized spacial score (nSPS) is 33.3. The van der Waals surface area contributed by atoms with E-state index in [-0.39, 0.29) is 17.8 Å². The lowest BCUT2D eigenvalue weighted by molar-refractivity contribution is -0.0506. The van der Waals surface area contributed by atoms with Gasteiger partial charge in [-0.2, -0.15) is 4.39 Å². The van der Waals surface area contributed by atoms with Gasteiger partial charge in [-0.25, -0.2) is 4.39 Å². The topological polar surface area (TPSA) is 9.23 Å². The average molecular weight is 447 g/mol. The van der Waals surface area contributed by atoms with Crippen molar-refractivity contribution < 1.29 is 13.5 Å². The molecule has 1 aromatic carbocycles. The number of halogens is 2. The Bertz CT molecular complexity index is 740. The first-order chi connectivity index (χ1) is 15.4. The molecule has 1 aromatic rings. The van der Waals surface area contributed by atoms with Gasteiger partial charge in [0.1, 0.15) is 0 Å². The van der Waals surface area contributed by atoms with Crippen LogP contribution >= 0.6 is 0 Å². The lowest BCUT2D eigenvalue weighted by atomic mass is 9.49. The molecule has 32 heavy (non-hydrogen) atoms. The highest BCUT2D eigenvalue weighted by Gasteiger charge is 2.50. The predicted octanol–water partition coefficient (Wildman–Crippen LogP) is 9.34. The van der Waals surface area contributed by atoms with Crippen molar-refractivity contribution in [3.8, 4) is 5.75 Å². The molecule has 4 fully saturated rings. The molecule has 180 valence electrons. The van der Waals surface area contributed by atoms with Crippen molar-refractivity contribution in [3.63, 3.8) is 0 Å². The van der Waals surface area contributed by atoms with E-state index in [1.807, 2.05) is 6.92 Å². The molecule has 4 aliphatic rings. The summed E-state index contributed by atoms with van der Waals surface area (Å²) in [5.41, 5.74) is 1.73. The SMILES string of the molecule is CCCCCCC(C)Oc1ccc(C2CCC(C34CCC(C)(CC3)CC4)CC2)c(F)c1F. The Kier molecular flexibility index (Phi) is 7.52. The predicted molar refractivity (Wildman–Crippen MR) is 128 cm³/mol. The van der Waals surface area contributed by atoms with Crippen LogP contribution in [0.1, 0.15) is 129 Å². The summed E-state index contributed by atoms with van der Waals surface area (Å²) in [6.07, 6.45) is 18.1. The van der Waals surface area contributed by atoms with Gasteiger partial charge in [0.2, 0.25) is 5.82 Å². The summed E-state index contributed by atoms with van der Waals surface area (Å²) in [6.45, 7) is 6.62. The zero-order valence-corrected chi connectivity index (χ0v) is 20.7. The van der Waals surface area contributed by atoms with Crippen LogP contribution in [0.2, 0.25) is 0 Å². The summed E-state index contributed by atoms with van der Waals surface area (Å²) >= 11 is 0. The summed E-state index contributed by atoms with van der Waals surface area (Å²) in [6, 6.07) is 3.47. The monoisotopic (exact) mass is 446 g/mol. The van der Waals surface area contributed by atoms with Gasteiger partial charge in [0.25, 0.3) is 0 Å². The fourth-order valence-corrected chi connectivity index (χ4v) is 7.12. The van der Waals surface area contributed by atoms with Crippen molar-refractivity contribution >= 4 is 0 Å². The zero-order valence-electron chi connectivity index (χ0n) is 20.7. The van der Waals surface area contributed by atoms with Crippen molar-refractivity contribution in [1.82, 2.24) is 0 Å². The van der Waals surface area contributed by atoms with Crippen LogP contribution in [-0.4, -0.2) is 6.10 Å². The molecule has 3 heteroatoms. The molecule has 0 aromatic heterocycles. The first-order valence-corrected chi connectivity index (χ1v) is 13.5. The molecule has 1 unspecified atom stereocenters. The highest BCUT2D eigenvalue weighted by molar-refractivity contribution is 5.33. The molecule has 0 spiro atoms.